The second-order valence-corrected chi connectivity index (χ2v) is 8.70. The zero-order valence-electron chi connectivity index (χ0n) is 15.0. The molecule has 4 nitrogen and oxygen atoms in total. The van der Waals surface area contributed by atoms with Crippen LogP contribution in [0.3, 0.4) is 0 Å². The lowest BCUT2D eigenvalue weighted by Gasteiger charge is -2.44. The van der Waals surface area contributed by atoms with Crippen LogP contribution in [-0.2, 0) is 11.3 Å². The molecule has 2 heterocycles. The van der Waals surface area contributed by atoms with Gasteiger partial charge in [0.25, 0.3) is 0 Å². The summed E-state index contributed by atoms with van der Waals surface area (Å²) in [5.41, 5.74) is 1.06. The van der Waals surface area contributed by atoms with Gasteiger partial charge in [0.15, 0.2) is 0 Å². The number of piperidine rings is 1. The third kappa shape index (κ3) is 3.72. The van der Waals surface area contributed by atoms with Gasteiger partial charge >= 0.3 is 0 Å². The summed E-state index contributed by atoms with van der Waals surface area (Å²) in [4.78, 5) is 21.9. The predicted octanol–water partition coefficient (Wildman–Crippen LogP) is 3.91. The van der Waals surface area contributed by atoms with Crippen molar-refractivity contribution >= 4 is 27.5 Å². The van der Waals surface area contributed by atoms with Gasteiger partial charge in [0.1, 0.15) is 5.01 Å². The van der Waals surface area contributed by atoms with Gasteiger partial charge in [-0.05, 0) is 50.8 Å². The van der Waals surface area contributed by atoms with Gasteiger partial charge in [-0.15, -0.1) is 11.3 Å². The van der Waals surface area contributed by atoms with Crippen LogP contribution in [-0.4, -0.2) is 46.9 Å². The first-order chi connectivity index (χ1) is 12.2. The number of hydrogen-bond donors (Lipinski definition) is 0. The molecule has 1 amide bonds. The molecular weight excluding hydrogens is 330 g/mol. The van der Waals surface area contributed by atoms with Crippen molar-refractivity contribution in [3.63, 3.8) is 0 Å². The van der Waals surface area contributed by atoms with Gasteiger partial charge < -0.3 is 4.90 Å². The molecule has 2 aliphatic rings. The van der Waals surface area contributed by atoms with Crippen molar-refractivity contribution in [1.29, 1.82) is 0 Å². The molecular formula is C20H27N3OS. The highest BCUT2D eigenvalue weighted by molar-refractivity contribution is 7.18. The van der Waals surface area contributed by atoms with E-state index in [0.717, 1.165) is 29.5 Å². The summed E-state index contributed by atoms with van der Waals surface area (Å²) in [7, 11) is 2.03. The average molecular weight is 358 g/mol. The van der Waals surface area contributed by atoms with Crippen LogP contribution in [0.25, 0.3) is 10.2 Å². The first kappa shape index (κ1) is 17.0. The molecule has 1 aliphatic heterocycles. The monoisotopic (exact) mass is 357 g/mol. The predicted molar refractivity (Wildman–Crippen MR) is 103 cm³/mol. The highest BCUT2D eigenvalue weighted by atomic mass is 32.1. The van der Waals surface area contributed by atoms with Crippen LogP contribution in [0.5, 0.6) is 0 Å². The van der Waals surface area contributed by atoms with Crippen molar-refractivity contribution in [2.75, 3.05) is 20.1 Å². The highest BCUT2D eigenvalue weighted by Crippen LogP contribution is 2.35. The van der Waals surface area contributed by atoms with Gasteiger partial charge in [0.2, 0.25) is 5.91 Å². The lowest BCUT2D eigenvalue weighted by atomic mass is 9.78. The Labute approximate surface area is 153 Å². The summed E-state index contributed by atoms with van der Waals surface area (Å²) in [6, 6.07) is 8.74. The molecule has 5 heteroatoms. The summed E-state index contributed by atoms with van der Waals surface area (Å²) in [5, 5.41) is 1.09. The largest absolute Gasteiger partial charge is 0.338 e. The lowest BCUT2D eigenvalue weighted by molar-refractivity contribution is -0.138. The van der Waals surface area contributed by atoms with Crippen molar-refractivity contribution in [3.05, 3.63) is 29.3 Å². The van der Waals surface area contributed by atoms with Crippen molar-refractivity contribution in [2.24, 2.45) is 5.92 Å². The number of likely N-dealkylation sites (tertiary alicyclic amines) is 1. The Morgan fingerprint density at radius 2 is 2.04 bits per heavy atom. The molecule has 1 aromatic heterocycles. The van der Waals surface area contributed by atoms with E-state index in [4.69, 9.17) is 4.98 Å². The van der Waals surface area contributed by atoms with Gasteiger partial charge in [-0.2, -0.15) is 0 Å². The zero-order chi connectivity index (χ0) is 17.2. The summed E-state index contributed by atoms with van der Waals surface area (Å²) in [6.07, 6.45) is 7.64. The summed E-state index contributed by atoms with van der Waals surface area (Å²) < 4.78 is 1.22. The number of carbonyl (C=O) groups excluding carboxylic acids is 1. The second-order valence-electron chi connectivity index (χ2n) is 7.59. The number of benzene rings is 1. The zero-order valence-corrected chi connectivity index (χ0v) is 15.8. The van der Waals surface area contributed by atoms with Crippen LogP contribution < -0.4 is 0 Å². The van der Waals surface area contributed by atoms with E-state index in [1.165, 1.54) is 43.2 Å². The molecule has 25 heavy (non-hydrogen) atoms. The number of nitrogens with zero attached hydrogens (tertiary/aromatic N) is 3. The Morgan fingerprint density at radius 3 is 2.92 bits per heavy atom. The molecule has 1 saturated carbocycles. The maximum absolute atomic E-state index is 12.9. The average Bonchev–Trinajstić information content (AvgIpc) is 3.03. The van der Waals surface area contributed by atoms with E-state index in [-0.39, 0.29) is 0 Å². The van der Waals surface area contributed by atoms with Crippen molar-refractivity contribution in [2.45, 2.75) is 51.1 Å². The molecule has 2 unspecified atom stereocenters. The molecule has 1 aliphatic carbocycles. The number of amides is 1. The summed E-state index contributed by atoms with van der Waals surface area (Å²) in [5.74, 6) is 1.06. The fourth-order valence-corrected chi connectivity index (χ4v) is 5.58. The lowest BCUT2D eigenvalue weighted by Crippen LogP contribution is -2.52. The van der Waals surface area contributed by atoms with Gasteiger partial charge in [-0.25, -0.2) is 4.98 Å². The second kappa shape index (κ2) is 7.42. The minimum Gasteiger partial charge on any atom is -0.338 e. The molecule has 1 saturated heterocycles. The van der Waals surface area contributed by atoms with Crippen LogP contribution in [0.1, 0.15) is 43.5 Å². The number of rotatable bonds is 4. The first-order valence-electron chi connectivity index (χ1n) is 9.53. The van der Waals surface area contributed by atoms with Gasteiger partial charge in [-0.1, -0.05) is 25.0 Å². The molecule has 0 spiro atoms. The van der Waals surface area contributed by atoms with Crippen LogP contribution in [0.2, 0.25) is 0 Å². The number of carbonyl (C=O) groups is 1. The summed E-state index contributed by atoms with van der Waals surface area (Å²) in [6.45, 7) is 2.20. The third-order valence-electron chi connectivity index (χ3n) is 5.71. The molecule has 0 bridgehead atoms. The normalized spacial score (nSPS) is 23.8. The minimum absolute atomic E-state index is 0.306. The van der Waals surface area contributed by atoms with Gasteiger partial charge in [-0.3, -0.25) is 9.69 Å². The molecule has 4 rings (SSSR count). The van der Waals surface area contributed by atoms with E-state index in [0.29, 0.717) is 18.5 Å². The van der Waals surface area contributed by atoms with E-state index in [1.54, 1.807) is 11.3 Å². The van der Waals surface area contributed by atoms with E-state index >= 15 is 0 Å². The van der Waals surface area contributed by atoms with Crippen molar-refractivity contribution in [1.82, 2.24) is 14.8 Å². The highest BCUT2D eigenvalue weighted by Gasteiger charge is 2.35. The number of hydrogen-bond acceptors (Lipinski definition) is 4. The van der Waals surface area contributed by atoms with E-state index in [9.17, 15) is 4.79 Å². The molecule has 134 valence electrons. The fraction of sp³-hybridized carbons (Fsp3) is 0.600. The van der Waals surface area contributed by atoms with Crippen LogP contribution in [0, 0.1) is 5.92 Å². The quantitative estimate of drug-likeness (QED) is 0.832. The van der Waals surface area contributed by atoms with E-state index < -0.39 is 0 Å². The SMILES string of the molecule is CN(CC(=O)N1CCCC2CCCCC21)Cc1nc2ccccc2s1. The Bertz CT molecular complexity index is 708. The van der Waals surface area contributed by atoms with Gasteiger partial charge in [0, 0.05) is 12.6 Å². The van der Waals surface area contributed by atoms with Crippen molar-refractivity contribution < 1.29 is 4.79 Å². The number of aromatic nitrogens is 1. The Morgan fingerprint density at radius 1 is 1.24 bits per heavy atom. The van der Waals surface area contributed by atoms with Crippen LogP contribution in [0.15, 0.2) is 24.3 Å². The minimum atomic E-state index is 0.306. The van der Waals surface area contributed by atoms with Crippen molar-refractivity contribution in [3.8, 4) is 0 Å². The molecule has 0 radical (unpaired) electrons. The maximum atomic E-state index is 12.9. The number of likely N-dealkylation sites (N-methyl/N-ethyl adjacent to an activating group) is 1. The number of fused-ring (bicyclic) bond motifs is 2. The Kier molecular flexibility index (Phi) is 5.04. The topological polar surface area (TPSA) is 36.4 Å². The molecule has 0 N–H and O–H groups in total. The Balaban J connectivity index is 1.38. The van der Waals surface area contributed by atoms with Crippen LogP contribution >= 0.6 is 11.3 Å². The maximum Gasteiger partial charge on any atom is 0.237 e. The fourth-order valence-electron chi connectivity index (χ4n) is 4.53. The smallest absolute Gasteiger partial charge is 0.237 e. The molecule has 2 aromatic rings. The number of thiazole rings is 1. The molecule has 2 fully saturated rings. The number of para-hydroxylation sites is 1. The molecule has 2 atom stereocenters. The summed E-state index contributed by atoms with van der Waals surface area (Å²) >= 11 is 1.73. The standard InChI is InChI=1S/C20H27N3OS/c1-22(13-19-21-16-9-3-5-11-18(16)25-19)14-20(24)23-12-6-8-15-7-2-4-10-17(15)23/h3,5,9,11,15,17H,2,4,6-8,10,12-14H2,1H3. The van der Waals surface area contributed by atoms with Gasteiger partial charge in [0.05, 0.1) is 23.3 Å². The first-order valence-corrected chi connectivity index (χ1v) is 10.3. The van der Waals surface area contributed by atoms with E-state index in [1.807, 2.05) is 13.1 Å². The Hall–Kier alpha value is -1.46. The van der Waals surface area contributed by atoms with Crippen LogP contribution in [0.4, 0.5) is 0 Å². The third-order valence-corrected chi connectivity index (χ3v) is 6.73. The molecule has 1 aromatic carbocycles. The van der Waals surface area contributed by atoms with E-state index in [2.05, 4.69) is 28.0 Å².